The van der Waals surface area contributed by atoms with E-state index in [4.69, 9.17) is 15.7 Å². The van der Waals surface area contributed by atoms with Gasteiger partial charge < -0.3 is 15.7 Å². The van der Waals surface area contributed by atoms with Gasteiger partial charge in [0.1, 0.15) is 0 Å². The Morgan fingerprint density at radius 2 is 2.11 bits per heavy atom. The van der Waals surface area contributed by atoms with E-state index < -0.39 is 0 Å². The van der Waals surface area contributed by atoms with Crippen LogP contribution in [0.15, 0.2) is 29.4 Å². The van der Waals surface area contributed by atoms with Gasteiger partial charge in [0.15, 0.2) is 5.84 Å². The number of nitrogens with two attached hydrogens (primary N) is 1. The molecule has 2 rings (SSSR count). The Balaban J connectivity index is 2.09. The molecule has 1 aliphatic heterocycles. The summed E-state index contributed by atoms with van der Waals surface area (Å²) in [7, 11) is 2.11. The summed E-state index contributed by atoms with van der Waals surface area (Å²) in [5.74, 6) is 0.163. The van der Waals surface area contributed by atoms with Crippen molar-refractivity contribution in [3.8, 4) is 0 Å². The number of oxime groups is 1. The van der Waals surface area contributed by atoms with Crippen LogP contribution in [0.5, 0.6) is 0 Å². The fourth-order valence-electron chi connectivity index (χ4n) is 2.49. The van der Waals surface area contributed by atoms with E-state index in [0.29, 0.717) is 6.04 Å². The first kappa shape index (κ1) is 13.8. The molecule has 0 saturated carbocycles. The van der Waals surface area contributed by atoms with Crippen molar-refractivity contribution in [2.24, 2.45) is 10.9 Å². The van der Waals surface area contributed by atoms with Gasteiger partial charge in [-0.25, -0.2) is 0 Å². The maximum absolute atomic E-state index is 8.83. The zero-order chi connectivity index (χ0) is 13.7. The lowest BCUT2D eigenvalue weighted by atomic mass is 10.0. The molecule has 0 spiro atoms. The Bertz CT molecular complexity index is 442. The van der Waals surface area contributed by atoms with Crippen LogP contribution in [0.4, 0.5) is 0 Å². The molecule has 104 valence electrons. The summed E-state index contributed by atoms with van der Waals surface area (Å²) in [4.78, 5) is 2.31. The van der Waals surface area contributed by atoms with E-state index in [2.05, 4.69) is 17.1 Å². The molecule has 1 saturated heterocycles. The number of nitrogens with zero attached hydrogens (tertiary/aromatic N) is 2. The van der Waals surface area contributed by atoms with Gasteiger partial charge in [0.25, 0.3) is 0 Å². The molecule has 3 N–H and O–H groups in total. The molecule has 5 heteroatoms. The van der Waals surface area contributed by atoms with Crippen LogP contribution in [0.2, 0.25) is 0 Å². The van der Waals surface area contributed by atoms with Gasteiger partial charge in [-0.1, -0.05) is 29.4 Å². The molecule has 0 unspecified atom stereocenters. The minimum Gasteiger partial charge on any atom is -0.409 e. The highest BCUT2D eigenvalue weighted by Crippen LogP contribution is 2.17. The fraction of sp³-hybridized carbons (Fsp3) is 0.500. The van der Waals surface area contributed by atoms with Gasteiger partial charge in [0.05, 0.1) is 0 Å². The third kappa shape index (κ3) is 3.45. The minimum atomic E-state index is 0.163. The molecule has 1 aromatic carbocycles. The van der Waals surface area contributed by atoms with Crippen LogP contribution in [0.3, 0.4) is 0 Å². The van der Waals surface area contributed by atoms with E-state index in [1.165, 1.54) is 0 Å². The zero-order valence-corrected chi connectivity index (χ0v) is 11.2. The standard InChI is InChI=1S/C14H21N3O2/c1-17(12-6-8-19-9-7-12)10-11-4-2-3-5-13(11)14(15)16-18/h2-5,12,18H,6-10H2,1H3,(H2,15,16). The van der Waals surface area contributed by atoms with Gasteiger partial charge in [-0.15, -0.1) is 0 Å². The highest BCUT2D eigenvalue weighted by Gasteiger charge is 2.19. The fourth-order valence-corrected chi connectivity index (χ4v) is 2.49. The van der Waals surface area contributed by atoms with Gasteiger partial charge in [-0.05, 0) is 25.5 Å². The summed E-state index contributed by atoms with van der Waals surface area (Å²) in [6.07, 6.45) is 2.12. The van der Waals surface area contributed by atoms with Gasteiger partial charge >= 0.3 is 0 Å². The second-order valence-corrected chi connectivity index (χ2v) is 4.90. The van der Waals surface area contributed by atoms with Crippen LogP contribution in [0, 0.1) is 0 Å². The van der Waals surface area contributed by atoms with Gasteiger partial charge in [-0.3, -0.25) is 4.90 Å². The maximum Gasteiger partial charge on any atom is 0.170 e. The first-order valence-corrected chi connectivity index (χ1v) is 6.56. The average Bonchev–Trinajstić information content (AvgIpc) is 2.48. The Morgan fingerprint density at radius 1 is 1.42 bits per heavy atom. The van der Waals surface area contributed by atoms with Gasteiger partial charge in [-0.2, -0.15) is 0 Å². The predicted molar refractivity (Wildman–Crippen MR) is 74.3 cm³/mol. The summed E-state index contributed by atoms with van der Waals surface area (Å²) in [5.41, 5.74) is 7.58. The Labute approximate surface area is 113 Å². The summed E-state index contributed by atoms with van der Waals surface area (Å²) in [5, 5.41) is 11.9. The van der Waals surface area contributed by atoms with Crippen LogP contribution < -0.4 is 5.73 Å². The summed E-state index contributed by atoms with van der Waals surface area (Å²) >= 11 is 0. The van der Waals surface area contributed by atoms with Crippen molar-refractivity contribution < 1.29 is 9.94 Å². The van der Waals surface area contributed by atoms with E-state index in [-0.39, 0.29) is 5.84 Å². The quantitative estimate of drug-likeness (QED) is 0.373. The highest BCUT2D eigenvalue weighted by molar-refractivity contribution is 5.98. The Morgan fingerprint density at radius 3 is 2.79 bits per heavy atom. The number of hydrogen-bond acceptors (Lipinski definition) is 4. The van der Waals surface area contributed by atoms with E-state index >= 15 is 0 Å². The third-order valence-electron chi connectivity index (χ3n) is 3.63. The molecule has 5 nitrogen and oxygen atoms in total. The van der Waals surface area contributed by atoms with Crippen molar-refractivity contribution in [1.82, 2.24) is 4.90 Å². The molecule has 0 aliphatic carbocycles. The molecule has 0 radical (unpaired) electrons. The van der Waals surface area contributed by atoms with Crippen molar-refractivity contribution >= 4 is 5.84 Å². The van der Waals surface area contributed by atoms with Crippen molar-refractivity contribution in [3.05, 3.63) is 35.4 Å². The van der Waals surface area contributed by atoms with E-state index in [9.17, 15) is 0 Å². The predicted octanol–water partition coefficient (Wildman–Crippen LogP) is 1.39. The SMILES string of the molecule is CN(Cc1ccccc1/C(N)=N/O)C1CCOCC1. The third-order valence-corrected chi connectivity index (χ3v) is 3.63. The normalized spacial score (nSPS) is 17.9. The van der Waals surface area contributed by atoms with Crippen LogP contribution in [0.1, 0.15) is 24.0 Å². The topological polar surface area (TPSA) is 71.1 Å². The van der Waals surface area contributed by atoms with Crippen molar-refractivity contribution in [1.29, 1.82) is 0 Å². The molecular weight excluding hydrogens is 242 g/mol. The smallest absolute Gasteiger partial charge is 0.170 e. The molecule has 1 aliphatic rings. The number of hydrogen-bond donors (Lipinski definition) is 2. The van der Waals surface area contributed by atoms with E-state index in [1.54, 1.807) is 0 Å². The number of benzene rings is 1. The average molecular weight is 263 g/mol. The van der Waals surface area contributed by atoms with E-state index in [1.807, 2.05) is 24.3 Å². The van der Waals surface area contributed by atoms with Crippen LogP contribution in [-0.2, 0) is 11.3 Å². The molecule has 1 heterocycles. The van der Waals surface area contributed by atoms with Crippen LogP contribution in [-0.4, -0.2) is 42.2 Å². The second kappa shape index (κ2) is 6.54. The summed E-state index contributed by atoms with van der Waals surface area (Å²) < 4.78 is 5.38. The highest BCUT2D eigenvalue weighted by atomic mass is 16.5. The number of amidine groups is 1. The maximum atomic E-state index is 8.83. The molecule has 1 fully saturated rings. The lowest BCUT2D eigenvalue weighted by Crippen LogP contribution is -2.36. The molecule has 1 aromatic rings. The lowest BCUT2D eigenvalue weighted by Gasteiger charge is -2.31. The van der Waals surface area contributed by atoms with Gasteiger partial charge in [0.2, 0.25) is 0 Å². The lowest BCUT2D eigenvalue weighted by molar-refractivity contribution is 0.0407. The molecule has 19 heavy (non-hydrogen) atoms. The van der Waals surface area contributed by atoms with Crippen LogP contribution in [0.25, 0.3) is 0 Å². The first-order chi connectivity index (χ1) is 9.22. The first-order valence-electron chi connectivity index (χ1n) is 6.56. The molecule has 0 atom stereocenters. The monoisotopic (exact) mass is 263 g/mol. The van der Waals surface area contributed by atoms with Crippen molar-refractivity contribution in [2.75, 3.05) is 20.3 Å². The Kier molecular flexibility index (Phi) is 4.76. The molecule has 0 amide bonds. The summed E-state index contributed by atoms with van der Waals surface area (Å²) in [6.45, 7) is 2.45. The second-order valence-electron chi connectivity index (χ2n) is 4.90. The van der Waals surface area contributed by atoms with Crippen molar-refractivity contribution in [2.45, 2.75) is 25.4 Å². The van der Waals surface area contributed by atoms with E-state index in [0.717, 1.165) is 43.7 Å². The molecular formula is C14H21N3O2. The van der Waals surface area contributed by atoms with Crippen molar-refractivity contribution in [3.63, 3.8) is 0 Å². The summed E-state index contributed by atoms with van der Waals surface area (Å²) in [6, 6.07) is 8.30. The molecule has 0 aromatic heterocycles. The molecule has 0 bridgehead atoms. The van der Waals surface area contributed by atoms with Gasteiger partial charge in [0, 0.05) is 31.4 Å². The van der Waals surface area contributed by atoms with Crippen LogP contribution >= 0.6 is 0 Å². The largest absolute Gasteiger partial charge is 0.409 e. The number of rotatable bonds is 4. The Hall–Kier alpha value is -1.59. The number of ether oxygens (including phenoxy) is 1. The zero-order valence-electron chi connectivity index (χ0n) is 11.2. The minimum absolute atomic E-state index is 0.163.